The molecule has 3 rings (SSSR count). The fourth-order valence-electron chi connectivity index (χ4n) is 3.03. The molecule has 1 aromatic carbocycles. The van der Waals surface area contributed by atoms with E-state index in [-0.39, 0.29) is 10.7 Å². The van der Waals surface area contributed by atoms with Gasteiger partial charge in [0.05, 0.1) is 16.6 Å². The summed E-state index contributed by atoms with van der Waals surface area (Å²) in [5.41, 5.74) is 13.0. The van der Waals surface area contributed by atoms with Gasteiger partial charge in [0.25, 0.3) is 10.0 Å². The molecular formula is C19H27N5O2S3. The molecule has 1 aliphatic heterocycles. The van der Waals surface area contributed by atoms with E-state index in [1.165, 1.54) is 47.0 Å². The Kier molecular flexibility index (Phi) is 7.55. The molecule has 0 bridgehead atoms. The van der Waals surface area contributed by atoms with Crippen molar-refractivity contribution >= 4 is 44.6 Å². The Morgan fingerprint density at radius 2 is 2.10 bits per heavy atom. The van der Waals surface area contributed by atoms with Gasteiger partial charge in [-0.1, -0.05) is 6.42 Å². The zero-order valence-electron chi connectivity index (χ0n) is 16.4. The first-order chi connectivity index (χ1) is 13.8. The first-order valence-electron chi connectivity index (χ1n) is 9.57. The number of hydrogen-bond acceptors (Lipinski definition) is 7. The average molecular weight is 454 g/mol. The van der Waals surface area contributed by atoms with Crippen molar-refractivity contribution in [3.63, 3.8) is 0 Å². The van der Waals surface area contributed by atoms with Crippen LogP contribution in [-0.4, -0.2) is 31.5 Å². The van der Waals surface area contributed by atoms with Gasteiger partial charge in [-0.3, -0.25) is 0 Å². The van der Waals surface area contributed by atoms with Crippen LogP contribution in [0.15, 0.2) is 33.6 Å². The number of aromatic nitrogens is 1. The van der Waals surface area contributed by atoms with Crippen LogP contribution >= 0.6 is 23.1 Å². The van der Waals surface area contributed by atoms with Gasteiger partial charge in [-0.15, -0.1) is 15.7 Å². The Bertz CT molecular complexity index is 949. The summed E-state index contributed by atoms with van der Waals surface area (Å²) in [4.78, 5) is 6.15. The highest BCUT2D eigenvalue weighted by molar-refractivity contribution is 7.98. The zero-order chi connectivity index (χ0) is 20.9. The van der Waals surface area contributed by atoms with Gasteiger partial charge in [0, 0.05) is 28.5 Å². The normalized spacial score (nSPS) is 18.1. The lowest BCUT2D eigenvalue weighted by atomic mass is 10.1. The molecule has 0 aliphatic carbocycles. The predicted molar refractivity (Wildman–Crippen MR) is 122 cm³/mol. The van der Waals surface area contributed by atoms with Crippen molar-refractivity contribution < 1.29 is 8.42 Å². The number of benzene rings is 1. The molecule has 1 aliphatic rings. The van der Waals surface area contributed by atoms with E-state index in [1.807, 2.05) is 0 Å². The number of anilines is 1. The summed E-state index contributed by atoms with van der Waals surface area (Å²) >= 11 is 3.45. The topological polar surface area (TPSA) is 123 Å². The van der Waals surface area contributed by atoms with E-state index in [1.54, 1.807) is 23.1 Å². The SMILES string of the molecule is Cc1sc(C2CCCCN2)nc1CSCCC(N)=NS(=O)(=O)c1ccc(N)cc1. The molecule has 1 saturated heterocycles. The summed E-state index contributed by atoms with van der Waals surface area (Å²) in [6.45, 7) is 3.17. The molecule has 0 amide bonds. The van der Waals surface area contributed by atoms with E-state index in [9.17, 15) is 8.42 Å². The van der Waals surface area contributed by atoms with Gasteiger partial charge in [-0.25, -0.2) is 4.98 Å². The van der Waals surface area contributed by atoms with Crippen LogP contribution in [0, 0.1) is 6.92 Å². The molecule has 0 spiro atoms. The van der Waals surface area contributed by atoms with Crippen LogP contribution in [-0.2, 0) is 15.8 Å². The molecule has 10 heteroatoms. The minimum absolute atomic E-state index is 0.0873. The monoisotopic (exact) mass is 453 g/mol. The Morgan fingerprint density at radius 3 is 2.79 bits per heavy atom. The number of piperidine rings is 1. The largest absolute Gasteiger partial charge is 0.399 e. The van der Waals surface area contributed by atoms with E-state index < -0.39 is 10.0 Å². The lowest BCUT2D eigenvalue weighted by molar-refractivity contribution is 0.411. The molecular weight excluding hydrogens is 426 g/mol. The van der Waals surface area contributed by atoms with Crippen LogP contribution in [0.25, 0.3) is 0 Å². The maximum Gasteiger partial charge on any atom is 0.283 e. The maximum absolute atomic E-state index is 12.3. The van der Waals surface area contributed by atoms with Crippen molar-refractivity contribution in [2.24, 2.45) is 10.1 Å². The summed E-state index contributed by atoms with van der Waals surface area (Å²) in [6, 6.07) is 6.30. The van der Waals surface area contributed by atoms with Crippen molar-refractivity contribution in [2.75, 3.05) is 18.0 Å². The van der Waals surface area contributed by atoms with E-state index in [0.717, 1.165) is 24.4 Å². The van der Waals surface area contributed by atoms with Crippen LogP contribution < -0.4 is 16.8 Å². The molecule has 5 N–H and O–H groups in total. The molecule has 1 unspecified atom stereocenters. The van der Waals surface area contributed by atoms with Gasteiger partial charge in [0.15, 0.2) is 0 Å². The van der Waals surface area contributed by atoms with E-state index in [2.05, 4.69) is 16.6 Å². The fraction of sp³-hybridized carbons (Fsp3) is 0.474. The Balaban J connectivity index is 1.50. The third kappa shape index (κ3) is 6.18. The van der Waals surface area contributed by atoms with E-state index in [0.29, 0.717) is 23.9 Å². The Labute approximate surface area is 180 Å². The summed E-state index contributed by atoms with van der Waals surface area (Å²) in [6.07, 6.45) is 4.03. The minimum Gasteiger partial charge on any atom is -0.399 e. The third-order valence-corrected chi connectivity index (χ3v) is 8.11. The van der Waals surface area contributed by atoms with Crippen molar-refractivity contribution in [3.05, 3.63) is 39.8 Å². The molecule has 2 heterocycles. The summed E-state index contributed by atoms with van der Waals surface area (Å²) < 4.78 is 28.3. The molecule has 29 heavy (non-hydrogen) atoms. The van der Waals surface area contributed by atoms with Gasteiger partial charge < -0.3 is 16.8 Å². The molecule has 7 nitrogen and oxygen atoms in total. The summed E-state index contributed by atoms with van der Waals surface area (Å²) in [5.74, 6) is 1.57. The molecule has 1 fully saturated rings. The van der Waals surface area contributed by atoms with Crippen molar-refractivity contribution in [3.8, 4) is 0 Å². The summed E-state index contributed by atoms with van der Waals surface area (Å²) in [5, 5.41) is 4.72. The van der Waals surface area contributed by atoms with Gasteiger partial charge in [-0.05, 0) is 50.6 Å². The second-order valence-corrected chi connectivity index (χ2v) is 10.9. The first kappa shape index (κ1) is 22.1. The fourth-order valence-corrected chi connectivity index (χ4v) is 6.13. The third-order valence-electron chi connectivity index (χ3n) is 4.67. The lowest BCUT2D eigenvalue weighted by Crippen LogP contribution is -2.26. The highest BCUT2D eigenvalue weighted by Gasteiger charge is 2.19. The van der Waals surface area contributed by atoms with Gasteiger partial charge in [-0.2, -0.15) is 20.2 Å². The van der Waals surface area contributed by atoms with Crippen LogP contribution in [0.3, 0.4) is 0 Å². The number of aryl methyl sites for hydroxylation is 1. The predicted octanol–water partition coefficient (Wildman–Crippen LogP) is 3.22. The number of nitrogens with two attached hydrogens (primary N) is 2. The highest BCUT2D eigenvalue weighted by Crippen LogP contribution is 2.30. The number of hydrogen-bond donors (Lipinski definition) is 3. The number of sulfonamides is 1. The number of thioether (sulfide) groups is 1. The van der Waals surface area contributed by atoms with Crippen molar-refractivity contribution in [1.29, 1.82) is 0 Å². The lowest BCUT2D eigenvalue weighted by Gasteiger charge is -2.21. The van der Waals surface area contributed by atoms with Crippen LogP contribution in [0.1, 0.15) is 47.3 Å². The standard InChI is InChI=1S/C19H27N5O2S3/c1-13-17(23-19(28-13)16-4-2-3-10-22-16)12-27-11-9-18(21)24-29(25,26)15-7-5-14(20)6-8-15/h5-8,16,22H,2-4,9-12,20H2,1H3,(H2,21,24). The number of rotatable bonds is 8. The smallest absolute Gasteiger partial charge is 0.283 e. The number of nitrogens with zero attached hydrogens (tertiary/aromatic N) is 2. The molecule has 0 saturated carbocycles. The quantitative estimate of drug-likeness (QED) is 0.243. The van der Waals surface area contributed by atoms with Crippen molar-refractivity contribution in [2.45, 2.75) is 49.3 Å². The van der Waals surface area contributed by atoms with E-state index >= 15 is 0 Å². The number of amidine groups is 1. The zero-order valence-corrected chi connectivity index (χ0v) is 18.9. The maximum atomic E-state index is 12.3. The van der Waals surface area contributed by atoms with Gasteiger partial charge >= 0.3 is 0 Å². The molecule has 1 atom stereocenters. The van der Waals surface area contributed by atoms with Crippen LogP contribution in [0.4, 0.5) is 5.69 Å². The van der Waals surface area contributed by atoms with E-state index in [4.69, 9.17) is 16.5 Å². The molecule has 158 valence electrons. The average Bonchev–Trinajstić information content (AvgIpc) is 3.06. The molecule has 1 aromatic heterocycles. The van der Waals surface area contributed by atoms with Gasteiger partial charge in [0.1, 0.15) is 10.8 Å². The second kappa shape index (κ2) is 9.92. The minimum atomic E-state index is -3.80. The number of thiazole rings is 1. The molecule has 0 radical (unpaired) electrons. The van der Waals surface area contributed by atoms with Crippen LogP contribution in [0.5, 0.6) is 0 Å². The Morgan fingerprint density at radius 1 is 1.34 bits per heavy atom. The number of nitrogens with one attached hydrogen (secondary N) is 1. The summed E-state index contributed by atoms with van der Waals surface area (Å²) in [7, 11) is -3.80. The number of nitrogen functional groups attached to an aromatic ring is 1. The first-order valence-corrected chi connectivity index (χ1v) is 13.0. The second-order valence-electron chi connectivity index (χ2n) is 6.99. The van der Waals surface area contributed by atoms with Gasteiger partial charge in [0.2, 0.25) is 0 Å². The van der Waals surface area contributed by atoms with Crippen molar-refractivity contribution in [1.82, 2.24) is 10.3 Å². The highest BCUT2D eigenvalue weighted by atomic mass is 32.2. The molecule has 2 aromatic rings. The van der Waals surface area contributed by atoms with Crippen LogP contribution in [0.2, 0.25) is 0 Å². The Hall–Kier alpha value is -1.62.